The zero-order valence-electron chi connectivity index (χ0n) is 9.61. The maximum atomic E-state index is 5.36. The standard InChI is InChI=1S/C12H16N2O/c1-8(2)9-5-10-7-14(3)13-12(10)11(6-9)15-4/h5-8H,1-4H3. The Labute approximate surface area is 89.7 Å². The number of fused-ring (bicyclic) bond motifs is 1. The molecule has 3 heteroatoms. The molecule has 0 bridgehead atoms. The highest BCUT2D eigenvalue weighted by atomic mass is 16.5. The van der Waals surface area contributed by atoms with Crippen molar-refractivity contribution in [3.05, 3.63) is 23.9 Å². The fourth-order valence-corrected chi connectivity index (χ4v) is 1.73. The molecule has 15 heavy (non-hydrogen) atoms. The summed E-state index contributed by atoms with van der Waals surface area (Å²) in [4.78, 5) is 0. The quantitative estimate of drug-likeness (QED) is 0.752. The zero-order chi connectivity index (χ0) is 11.0. The summed E-state index contributed by atoms with van der Waals surface area (Å²) in [6.07, 6.45) is 2.02. The van der Waals surface area contributed by atoms with Crippen LogP contribution in [0, 0.1) is 0 Å². The largest absolute Gasteiger partial charge is 0.494 e. The van der Waals surface area contributed by atoms with Crippen LogP contribution in [-0.4, -0.2) is 16.9 Å². The first kappa shape index (κ1) is 10.0. The number of aromatic nitrogens is 2. The molecule has 2 aromatic rings. The van der Waals surface area contributed by atoms with Crippen molar-refractivity contribution in [3.63, 3.8) is 0 Å². The van der Waals surface area contributed by atoms with Crippen molar-refractivity contribution in [2.24, 2.45) is 7.05 Å². The summed E-state index contributed by atoms with van der Waals surface area (Å²) < 4.78 is 7.17. The minimum absolute atomic E-state index is 0.503. The van der Waals surface area contributed by atoms with E-state index in [4.69, 9.17) is 4.74 Å². The fourth-order valence-electron chi connectivity index (χ4n) is 1.73. The smallest absolute Gasteiger partial charge is 0.147 e. The van der Waals surface area contributed by atoms with Gasteiger partial charge in [-0.05, 0) is 23.6 Å². The first-order valence-corrected chi connectivity index (χ1v) is 5.13. The number of aryl methyl sites for hydroxylation is 1. The molecule has 0 aliphatic heterocycles. The number of hydrogen-bond acceptors (Lipinski definition) is 2. The summed E-state index contributed by atoms with van der Waals surface area (Å²) >= 11 is 0. The van der Waals surface area contributed by atoms with Crippen LogP contribution in [-0.2, 0) is 7.05 Å². The zero-order valence-corrected chi connectivity index (χ0v) is 9.61. The van der Waals surface area contributed by atoms with Gasteiger partial charge in [-0.1, -0.05) is 13.8 Å². The van der Waals surface area contributed by atoms with Gasteiger partial charge in [-0.2, -0.15) is 5.10 Å². The Hall–Kier alpha value is -1.51. The summed E-state index contributed by atoms with van der Waals surface area (Å²) in [6, 6.07) is 4.25. The number of hydrogen-bond donors (Lipinski definition) is 0. The molecule has 3 nitrogen and oxygen atoms in total. The number of nitrogens with zero attached hydrogens (tertiary/aromatic N) is 2. The van der Waals surface area contributed by atoms with Crippen molar-refractivity contribution in [2.75, 3.05) is 7.11 Å². The summed E-state index contributed by atoms with van der Waals surface area (Å²) in [5.41, 5.74) is 2.22. The molecule has 0 N–H and O–H groups in total. The molecule has 0 atom stereocenters. The summed E-state index contributed by atoms with van der Waals surface area (Å²) in [7, 11) is 3.61. The average Bonchev–Trinajstić information content (AvgIpc) is 2.56. The molecule has 0 aliphatic carbocycles. The Morgan fingerprint density at radius 2 is 2.07 bits per heavy atom. The van der Waals surface area contributed by atoms with Gasteiger partial charge in [-0.15, -0.1) is 0 Å². The van der Waals surface area contributed by atoms with Gasteiger partial charge in [0.15, 0.2) is 0 Å². The van der Waals surface area contributed by atoms with Crippen molar-refractivity contribution in [2.45, 2.75) is 19.8 Å². The van der Waals surface area contributed by atoms with Crippen LogP contribution in [0.4, 0.5) is 0 Å². The van der Waals surface area contributed by atoms with Gasteiger partial charge in [0, 0.05) is 18.6 Å². The summed E-state index contributed by atoms with van der Waals surface area (Å²) in [6.45, 7) is 4.36. The topological polar surface area (TPSA) is 27.1 Å². The second-order valence-corrected chi connectivity index (χ2v) is 4.12. The first-order valence-electron chi connectivity index (χ1n) is 5.13. The molecule has 1 aromatic carbocycles. The third-order valence-electron chi connectivity index (χ3n) is 2.60. The van der Waals surface area contributed by atoms with Crippen LogP contribution in [0.25, 0.3) is 10.9 Å². The Morgan fingerprint density at radius 3 is 2.67 bits per heavy atom. The van der Waals surface area contributed by atoms with E-state index in [1.165, 1.54) is 5.56 Å². The molecule has 2 rings (SSSR count). The van der Waals surface area contributed by atoms with Crippen LogP contribution in [0.2, 0.25) is 0 Å². The van der Waals surface area contributed by atoms with Crippen LogP contribution < -0.4 is 4.74 Å². The SMILES string of the molecule is COc1cc(C(C)C)cc2cn(C)nc12. The number of benzene rings is 1. The van der Waals surface area contributed by atoms with Crippen LogP contribution in [0.5, 0.6) is 5.75 Å². The highest BCUT2D eigenvalue weighted by Gasteiger charge is 2.09. The van der Waals surface area contributed by atoms with Gasteiger partial charge in [0.2, 0.25) is 0 Å². The van der Waals surface area contributed by atoms with E-state index in [0.29, 0.717) is 5.92 Å². The number of rotatable bonds is 2. The molecule has 0 spiro atoms. The van der Waals surface area contributed by atoms with E-state index in [2.05, 4.69) is 31.1 Å². The van der Waals surface area contributed by atoms with Gasteiger partial charge in [0.1, 0.15) is 11.3 Å². The maximum absolute atomic E-state index is 5.36. The summed E-state index contributed by atoms with van der Waals surface area (Å²) in [5, 5.41) is 5.52. The highest BCUT2D eigenvalue weighted by molar-refractivity contribution is 5.85. The molecule has 0 fully saturated rings. The van der Waals surface area contributed by atoms with E-state index in [1.54, 1.807) is 7.11 Å². The molecule has 80 valence electrons. The molecule has 0 radical (unpaired) electrons. The van der Waals surface area contributed by atoms with Gasteiger partial charge in [0.25, 0.3) is 0 Å². The monoisotopic (exact) mass is 204 g/mol. The van der Waals surface area contributed by atoms with Crippen molar-refractivity contribution in [1.82, 2.24) is 9.78 Å². The first-order chi connectivity index (χ1) is 7.11. The minimum atomic E-state index is 0.503. The average molecular weight is 204 g/mol. The van der Waals surface area contributed by atoms with Gasteiger partial charge < -0.3 is 4.74 Å². The highest BCUT2D eigenvalue weighted by Crippen LogP contribution is 2.29. The minimum Gasteiger partial charge on any atom is -0.494 e. The third-order valence-corrected chi connectivity index (χ3v) is 2.60. The maximum Gasteiger partial charge on any atom is 0.147 e. The van der Waals surface area contributed by atoms with Crippen LogP contribution in [0.15, 0.2) is 18.3 Å². The van der Waals surface area contributed by atoms with E-state index in [0.717, 1.165) is 16.7 Å². The van der Waals surface area contributed by atoms with E-state index >= 15 is 0 Å². The molecular formula is C12H16N2O. The summed E-state index contributed by atoms with van der Waals surface area (Å²) in [5.74, 6) is 1.36. The molecule has 0 saturated heterocycles. The van der Waals surface area contributed by atoms with Crippen LogP contribution in [0.1, 0.15) is 25.3 Å². The predicted molar refractivity (Wildman–Crippen MR) is 61.4 cm³/mol. The van der Waals surface area contributed by atoms with Crippen molar-refractivity contribution in [3.8, 4) is 5.75 Å². The lowest BCUT2D eigenvalue weighted by atomic mass is 10.0. The number of ether oxygens (including phenoxy) is 1. The predicted octanol–water partition coefficient (Wildman–Crippen LogP) is 2.71. The molecule has 0 amide bonds. The Bertz CT molecular complexity index is 486. The van der Waals surface area contributed by atoms with Crippen molar-refractivity contribution < 1.29 is 4.74 Å². The third kappa shape index (κ3) is 1.69. The normalized spacial score (nSPS) is 11.3. The van der Waals surface area contributed by atoms with Crippen LogP contribution in [0.3, 0.4) is 0 Å². The lowest BCUT2D eigenvalue weighted by Crippen LogP contribution is -1.91. The Balaban J connectivity index is 2.70. The van der Waals surface area contributed by atoms with E-state index in [9.17, 15) is 0 Å². The van der Waals surface area contributed by atoms with Crippen molar-refractivity contribution >= 4 is 10.9 Å². The van der Waals surface area contributed by atoms with E-state index in [-0.39, 0.29) is 0 Å². The molecular weight excluding hydrogens is 188 g/mol. The molecule has 0 unspecified atom stereocenters. The lowest BCUT2D eigenvalue weighted by Gasteiger charge is -2.08. The van der Waals surface area contributed by atoms with E-state index < -0.39 is 0 Å². The van der Waals surface area contributed by atoms with Crippen molar-refractivity contribution in [1.29, 1.82) is 0 Å². The number of methoxy groups -OCH3 is 1. The van der Waals surface area contributed by atoms with Gasteiger partial charge in [-0.25, -0.2) is 0 Å². The molecule has 1 heterocycles. The Kier molecular flexibility index (Phi) is 2.39. The van der Waals surface area contributed by atoms with E-state index in [1.807, 2.05) is 17.9 Å². The van der Waals surface area contributed by atoms with Gasteiger partial charge in [0.05, 0.1) is 7.11 Å². The molecule has 1 aromatic heterocycles. The lowest BCUT2D eigenvalue weighted by molar-refractivity contribution is 0.417. The second-order valence-electron chi connectivity index (χ2n) is 4.12. The molecule has 0 aliphatic rings. The van der Waals surface area contributed by atoms with Crippen LogP contribution >= 0.6 is 0 Å². The fraction of sp³-hybridized carbons (Fsp3) is 0.417. The van der Waals surface area contributed by atoms with Gasteiger partial charge >= 0.3 is 0 Å². The Morgan fingerprint density at radius 1 is 1.33 bits per heavy atom. The molecule has 0 saturated carbocycles. The second kappa shape index (κ2) is 3.57. The van der Waals surface area contributed by atoms with Gasteiger partial charge in [-0.3, -0.25) is 4.68 Å².